The molecule has 3 heteroatoms. The van der Waals surface area contributed by atoms with Crippen molar-refractivity contribution >= 4 is 5.82 Å². The average Bonchev–Trinajstić information content (AvgIpc) is 2.47. The van der Waals surface area contributed by atoms with Crippen molar-refractivity contribution in [2.45, 2.75) is 66.0 Å². The molecule has 21 heavy (non-hydrogen) atoms. The molecule has 2 rings (SSSR count). The molecule has 118 valence electrons. The van der Waals surface area contributed by atoms with Crippen LogP contribution in [-0.4, -0.2) is 24.1 Å². The highest BCUT2D eigenvalue weighted by Gasteiger charge is 2.26. The summed E-state index contributed by atoms with van der Waals surface area (Å²) in [6.07, 6.45) is 2.62. The molecular weight excluding hydrogens is 258 g/mol. The van der Waals surface area contributed by atoms with Crippen molar-refractivity contribution < 1.29 is 0 Å². The molecule has 0 amide bonds. The van der Waals surface area contributed by atoms with Crippen molar-refractivity contribution in [1.29, 1.82) is 0 Å². The molecule has 1 aliphatic heterocycles. The third kappa shape index (κ3) is 3.97. The quantitative estimate of drug-likeness (QED) is 0.890. The van der Waals surface area contributed by atoms with Crippen LogP contribution < -0.4 is 10.2 Å². The van der Waals surface area contributed by atoms with Crippen LogP contribution in [0.15, 0.2) is 12.1 Å². The van der Waals surface area contributed by atoms with E-state index in [9.17, 15) is 0 Å². The second-order valence-electron chi connectivity index (χ2n) is 6.75. The van der Waals surface area contributed by atoms with Gasteiger partial charge in [0.15, 0.2) is 0 Å². The average molecular weight is 289 g/mol. The molecule has 0 saturated carbocycles. The van der Waals surface area contributed by atoms with Crippen molar-refractivity contribution in [3.63, 3.8) is 0 Å². The molecule has 1 N–H and O–H groups in total. The third-order valence-corrected chi connectivity index (χ3v) is 4.73. The van der Waals surface area contributed by atoms with Crippen LogP contribution >= 0.6 is 0 Å². The van der Waals surface area contributed by atoms with Crippen LogP contribution in [0.2, 0.25) is 0 Å². The van der Waals surface area contributed by atoms with E-state index in [1.165, 1.54) is 29.9 Å². The van der Waals surface area contributed by atoms with Crippen LogP contribution in [0.3, 0.4) is 0 Å². The standard InChI is InChI=1S/C18H31N3/c1-6-19-12-16-10-17(13(2)3)20-18(11-16)21-9-7-8-14(4)15(21)5/h10-11,13-15,19H,6-9,12H2,1-5H3. The second kappa shape index (κ2) is 7.26. The number of piperidine rings is 1. The Labute approximate surface area is 130 Å². The number of nitrogens with one attached hydrogen (secondary N) is 1. The zero-order chi connectivity index (χ0) is 15.4. The lowest BCUT2D eigenvalue weighted by Crippen LogP contribution is -2.43. The molecule has 2 atom stereocenters. The van der Waals surface area contributed by atoms with E-state index in [2.05, 4.69) is 57.0 Å². The number of hydrogen-bond acceptors (Lipinski definition) is 3. The minimum atomic E-state index is 0.475. The van der Waals surface area contributed by atoms with E-state index >= 15 is 0 Å². The van der Waals surface area contributed by atoms with Crippen molar-refractivity contribution in [2.75, 3.05) is 18.0 Å². The van der Waals surface area contributed by atoms with Gasteiger partial charge in [-0.3, -0.25) is 0 Å². The zero-order valence-electron chi connectivity index (χ0n) is 14.3. The van der Waals surface area contributed by atoms with E-state index in [1.807, 2.05) is 0 Å². The van der Waals surface area contributed by atoms with Gasteiger partial charge in [-0.1, -0.05) is 27.7 Å². The molecule has 0 bridgehead atoms. The Morgan fingerprint density at radius 1 is 1.33 bits per heavy atom. The minimum absolute atomic E-state index is 0.475. The van der Waals surface area contributed by atoms with Gasteiger partial charge in [-0.2, -0.15) is 0 Å². The Balaban J connectivity index is 2.30. The van der Waals surface area contributed by atoms with Crippen molar-refractivity contribution in [1.82, 2.24) is 10.3 Å². The largest absolute Gasteiger partial charge is 0.354 e. The first-order chi connectivity index (χ1) is 10.0. The lowest BCUT2D eigenvalue weighted by atomic mass is 9.92. The molecule has 0 radical (unpaired) electrons. The number of nitrogens with zero attached hydrogens (tertiary/aromatic N) is 2. The number of rotatable bonds is 5. The number of pyridine rings is 1. The Morgan fingerprint density at radius 2 is 2.10 bits per heavy atom. The lowest BCUT2D eigenvalue weighted by Gasteiger charge is -2.39. The normalized spacial score (nSPS) is 22.9. The van der Waals surface area contributed by atoms with E-state index in [4.69, 9.17) is 4.98 Å². The highest BCUT2D eigenvalue weighted by molar-refractivity contribution is 5.45. The summed E-state index contributed by atoms with van der Waals surface area (Å²) in [4.78, 5) is 7.46. The Kier molecular flexibility index (Phi) is 5.63. The molecule has 1 aromatic rings. The van der Waals surface area contributed by atoms with E-state index in [-0.39, 0.29) is 0 Å². The van der Waals surface area contributed by atoms with Crippen molar-refractivity contribution in [2.24, 2.45) is 5.92 Å². The molecule has 1 aromatic heterocycles. The van der Waals surface area contributed by atoms with Gasteiger partial charge >= 0.3 is 0 Å². The van der Waals surface area contributed by atoms with Gasteiger partial charge in [-0.15, -0.1) is 0 Å². The fourth-order valence-corrected chi connectivity index (χ4v) is 3.07. The molecule has 2 unspecified atom stereocenters. The van der Waals surface area contributed by atoms with Gasteiger partial charge < -0.3 is 10.2 Å². The fraction of sp³-hybridized carbons (Fsp3) is 0.722. The summed E-state index contributed by atoms with van der Waals surface area (Å²) in [5, 5.41) is 3.43. The first-order valence-electron chi connectivity index (χ1n) is 8.51. The molecule has 1 saturated heterocycles. The van der Waals surface area contributed by atoms with Gasteiger partial charge in [0.25, 0.3) is 0 Å². The summed E-state index contributed by atoms with van der Waals surface area (Å²) >= 11 is 0. The van der Waals surface area contributed by atoms with Gasteiger partial charge in [0.2, 0.25) is 0 Å². The van der Waals surface area contributed by atoms with Crippen LogP contribution in [0.5, 0.6) is 0 Å². The van der Waals surface area contributed by atoms with E-state index in [0.717, 1.165) is 25.6 Å². The van der Waals surface area contributed by atoms with Gasteiger partial charge in [0, 0.05) is 24.8 Å². The van der Waals surface area contributed by atoms with Gasteiger partial charge in [0.1, 0.15) is 5.82 Å². The Hall–Kier alpha value is -1.09. The predicted molar refractivity (Wildman–Crippen MR) is 90.9 cm³/mol. The molecule has 0 spiro atoms. The van der Waals surface area contributed by atoms with Gasteiger partial charge in [-0.05, 0) is 55.8 Å². The molecule has 0 aromatic carbocycles. The molecule has 1 aliphatic rings. The molecule has 0 aliphatic carbocycles. The van der Waals surface area contributed by atoms with Gasteiger partial charge in [-0.25, -0.2) is 4.98 Å². The van der Waals surface area contributed by atoms with Crippen LogP contribution in [0, 0.1) is 5.92 Å². The van der Waals surface area contributed by atoms with Crippen LogP contribution in [-0.2, 0) is 6.54 Å². The topological polar surface area (TPSA) is 28.2 Å². The van der Waals surface area contributed by atoms with E-state index < -0.39 is 0 Å². The van der Waals surface area contributed by atoms with E-state index in [0.29, 0.717) is 12.0 Å². The van der Waals surface area contributed by atoms with E-state index in [1.54, 1.807) is 0 Å². The summed E-state index contributed by atoms with van der Waals surface area (Å²) in [5.41, 5.74) is 2.57. The first kappa shape index (κ1) is 16.3. The highest BCUT2D eigenvalue weighted by Crippen LogP contribution is 2.29. The summed E-state index contributed by atoms with van der Waals surface area (Å²) < 4.78 is 0. The van der Waals surface area contributed by atoms with Crippen LogP contribution in [0.1, 0.15) is 64.6 Å². The maximum Gasteiger partial charge on any atom is 0.129 e. The van der Waals surface area contributed by atoms with Crippen molar-refractivity contribution in [3.8, 4) is 0 Å². The van der Waals surface area contributed by atoms with Gasteiger partial charge in [0.05, 0.1) is 0 Å². The second-order valence-corrected chi connectivity index (χ2v) is 6.75. The Morgan fingerprint density at radius 3 is 2.76 bits per heavy atom. The summed E-state index contributed by atoms with van der Waals surface area (Å²) in [7, 11) is 0. The third-order valence-electron chi connectivity index (χ3n) is 4.73. The Bertz CT molecular complexity index is 456. The highest BCUT2D eigenvalue weighted by atomic mass is 15.2. The molecule has 1 fully saturated rings. The fourth-order valence-electron chi connectivity index (χ4n) is 3.07. The zero-order valence-corrected chi connectivity index (χ0v) is 14.3. The monoisotopic (exact) mass is 289 g/mol. The SMILES string of the molecule is CCNCc1cc(C(C)C)nc(N2CCCC(C)C2C)c1. The predicted octanol–water partition coefficient (Wildman–Crippen LogP) is 3.94. The minimum Gasteiger partial charge on any atom is -0.354 e. The maximum atomic E-state index is 4.95. The summed E-state index contributed by atoms with van der Waals surface area (Å²) in [5.74, 6) is 2.40. The molecule has 2 heterocycles. The number of anilines is 1. The summed E-state index contributed by atoms with van der Waals surface area (Å²) in [6, 6.07) is 5.12. The first-order valence-corrected chi connectivity index (χ1v) is 8.51. The van der Waals surface area contributed by atoms with Crippen molar-refractivity contribution in [3.05, 3.63) is 23.4 Å². The molecule has 3 nitrogen and oxygen atoms in total. The smallest absolute Gasteiger partial charge is 0.129 e. The summed E-state index contributed by atoms with van der Waals surface area (Å²) in [6.45, 7) is 14.4. The number of aromatic nitrogens is 1. The van der Waals surface area contributed by atoms with Crippen LogP contribution in [0.25, 0.3) is 0 Å². The lowest BCUT2D eigenvalue weighted by molar-refractivity contribution is 0.361. The maximum absolute atomic E-state index is 4.95. The number of hydrogen-bond donors (Lipinski definition) is 1. The molecular formula is C18H31N3. The van der Waals surface area contributed by atoms with Crippen LogP contribution in [0.4, 0.5) is 5.82 Å².